The lowest BCUT2D eigenvalue weighted by Crippen LogP contribution is -2.64. The number of para-hydroxylation sites is 2. The second-order valence-electron chi connectivity index (χ2n) is 10.3. The van der Waals surface area contributed by atoms with Crippen molar-refractivity contribution in [2.45, 2.75) is 53.2 Å². The molecule has 34 heavy (non-hydrogen) atoms. The highest BCUT2D eigenvalue weighted by Crippen LogP contribution is 2.46. The van der Waals surface area contributed by atoms with Gasteiger partial charge in [0.05, 0.1) is 13.1 Å². The highest BCUT2D eigenvalue weighted by atomic mass is 16.1. The first-order valence-corrected chi connectivity index (χ1v) is 12.8. The molecule has 4 N–H and O–H groups in total. The van der Waals surface area contributed by atoms with Gasteiger partial charge in [0.15, 0.2) is 5.69 Å². The molecule has 0 bridgehead atoms. The second-order valence-corrected chi connectivity index (χ2v) is 10.3. The van der Waals surface area contributed by atoms with Gasteiger partial charge in [-0.3, -0.25) is 14.2 Å². The van der Waals surface area contributed by atoms with Crippen LogP contribution in [0.2, 0.25) is 0 Å². The van der Waals surface area contributed by atoms with Crippen LogP contribution in [0.5, 0.6) is 0 Å². The predicted octanol–water partition coefficient (Wildman–Crippen LogP) is 5.01. The number of hydrogen-bond donors (Lipinski definition) is 3. The van der Waals surface area contributed by atoms with Crippen LogP contribution in [0, 0.1) is 11.8 Å². The van der Waals surface area contributed by atoms with Crippen molar-refractivity contribution < 1.29 is 4.79 Å². The van der Waals surface area contributed by atoms with Crippen molar-refractivity contribution in [3.05, 3.63) is 54.1 Å². The van der Waals surface area contributed by atoms with Crippen LogP contribution in [-0.4, -0.2) is 45.4 Å². The fraction of sp³-hybridized carbons (Fsp3) is 0.536. The summed E-state index contributed by atoms with van der Waals surface area (Å²) in [4.78, 5) is 14.6. The summed E-state index contributed by atoms with van der Waals surface area (Å²) >= 11 is 0. The van der Waals surface area contributed by atoms with Gasteiger partial charge >= 0.3 is 0 Å². The number of anilines is 2. The molecule has 0 radical (unpaired) electrons. The van der Waals surface area contributed by atoms with Crippen molar-refractivity contribution in [2.24, 2.45) is 17.6 Å². The third-order valence-electron chi connectivity index (χ3n) is 6.92. The number of nitrogens with zero attached hydrogens (tertiary/aromatic N) is 2. The number of fused-ring (bicyclic) bond motifs is 1. The summed E-state index contributed by atoms with van der Waals surface area (Å²) in [5, 5.41) is 6.60. The number of benzene rings is 2. The number of amides is 1. The van der Waals surface area contributed by atoms with Crippen LogP contribution in [-0.2, 0) is 0 Å². The Kier molecular flexibility index (Phi) is 8.97. The van der Waals surface area contributed by atoms with E-state index in [1.165, 1.54) is 11.4 Å². The monoisotopic (exact) mass is 466 g/mol. The van der Waals surface area contributed by atoms with E-state index in [-0.39, 0.29) is 12.2 Å². The van der Waals surface area contributed by atoms with E-state index >= 15 is 0 Å². The number of carbonyl (C=O) groups excluding carboxylic acids is 1. The Labute approximate surface area is 206 Å². The Morgan fingerprint density at radius 2 is 1.68 bits per heavy atom. The standard InChI is InChI=1S/C28H43N5O/c1-21(2)15-18-32-25-9-6-7-10-26(25)33(19-8-17-29,20-16-22(3)4)28(32)31-24-13-11-23(12-14-24)27(34)30-5/h6-7,9-14,21-22,28H,8,15-20,29H2,1-5H3,(H-,30,31,34)/p+1. The first-order chi connectivity index (χ1) is 16.3. The normalized spacial score (nSPS) is 19.5. The van der Waals surface area contributed by atoms with Gasteiger partial charge < -0.3 is 16.4 Å². The molecule has 0 saturated carbocycles. The average Bonchev–Trinajstić information content (AvgIpc) is 3.09. The first-order valence-electron chi connectivity index (χ1n) is 12.8. The topological polar surface area (TPSA) is 70.4 Å². The maximum absolute atomic E-state index is 12.0. The van der Waals surface area contributed by atoms with Gasteiger partial charge in [0.25, 0.3) is 5.91 Å². The molecular formula is C28H44N5O+. The SMILES string of the molecule is CNC(=O)c1ccc(NC2N(CCC(C)C)c3ccccc3[N+]2(CCCN)CCC(C)C)cc1. The zero-order valence-corrected chi connectivity index (χ0v) is 21.7. The van der Waals surface area contributed by atoms with Crippen molar-refractivity contribution in [2.75, 3.05) is 43.4 Å². The molecule has 1 heterocycles. The van der Waals surface area contributed by atoms with Gasteiger partial charge in [-0.25, -0.2) is 0 Å². The molecule has 2 aromatic carbocycles. The molecule has 0 aliphatic carbocycles. The van der Waals surface area contributed by atoms with Crippen molar-refractivity contribution in [1.29, 1.82) is 0 Å². The molecule has 1 aliphatic heterocycles. The van der Waals surface area contributed by atoms with Gasteiger partial charge in [-0.2, -0.15) is 0 Å². The lowest BCUT2D eigenvalue weighted by atomic mass is 10.1. The maximum atomic E-state index is 12.0. The van der Waals surface area contributed by atoms with E-state index in [0.717, 1.165) is 49.1 Å². The summed E-state index contributed by atoms with van der Waals surface area (Å²) in [7, 11) is 1.66. The highest BCUT2D eigenvalue weighted by Gasteiger charge is 2.50. The molecule has 3 rings (SSSR count). The largest absolute Gasteiger partial charge is 0.355 e. The van der Waals surface area contributed by atoms with Crippen molar-refractivity contribution in [3.63, 3.8) is 0 Å². The van der Waals surface area contributed by atoms with Crippen LogP contribution >= 0.6 is 0 Å². The maximum Gasteiger partial charge on any atom is 0.251 e. The van der Waals surface area contributed by atoms with Crippen LogP contribution in [0.1, 0.15) is 57.3 Å². The average molecular weight is 467 g/mol. The number of rotatable bonds is 12. The Morgan fingerprint density at radius 1 is 1.00 bits per heavy atom. The van der Waals surface area contributed by atoms with Crippen LogP contribution in [0.25, 0.3) is 0 Å². The number of nitrogens with two attached hydrogens (primary N) is 1. The summed E-state index contributed by atoms with van der Waals surface area (Å²) in [5.74, 6) is 1.18. The zero-order chi connectivity index (χ0) is 24.7. The van der Waals surface area contributed by atoms with E-state index in [1.807, 2.05) is 24.3 Å². The van der Waals surface area contributed by atoms with E-state index in [0.29, 0.717) is 23.9 Å². The summed E-state index contributed by atoms with van der Waals surface area (Å²) in [6.07, 6.45) is 3.32. The molecule has 2 atom stereocenters. The van der Waals surface area contributed by atoms with Gasteiger partial charge in [0.1, 0.15) is 5.69 Å². The zero-order valence-electron chi connectivity index (χ0n) is 21.7. The third-order valence-corrected chi connectivity index (χ3v) is 6.92. The van der Waals surface area contributed by atoms with Crippen molar-refractivity contribution in [1.82, 2.24) is 9.80 Å². The lowest BCUT2D eigenvalue weighted by Gasteiger charge is -2.42. The molecule has 186 valence electrons. The molecule has 2 unspecified atom stereocenters. The van der Waals surface area contributed by atoms with Gasteiger partial charge in [0, 0.05) is 37.3 Å². The molecule has 0 spiro atoms. The Hall–Kier alpha value is -2.57. The van der Waals surface area contributed by atoms with Crippen molar-refractivity contribution >= 4 is 23.0 Å². The minimum absolute atomic E-state index is 0.0663. The lowest BCUT2D eigenvalue weighted by molar-refractivity contribution is 0.0963. The summed E-state index contributed by atoms with van der Waals surface area (Å²) in [6, 6.07) is 16.7. The smallest absolute Gasteiger partial charge is 0.251 e. The highest BCUT2D eigenvalue weighted by molar-refractivity contribution is 5.94. The molecular weight excluding hydrogens is 422 g/mol. The van der Waals surface area contributed by atoms with E-state index in [9.17, 15) is 4.79 Å². The third kappa shape index (κ3) is 5.73. The van der Waals surface area contributed by atoms with Crippen LogP contribution in [0.4, 0.5) is 17.1 Å². The van der Waals surface area contributed by atoms with E-state index < -0.39 is 0 Å². The quantitative estimate of drug-likeness (QED) is 0.385. The van der Waals surface area contributed by atoms with Gasteiger partial charge in [0.2, 0.25) is 6.29 Å². The Balaban J connectivity index is 2.05. The molecule has 2 aromatic rings. The fourth-order valence-electron chi connectivity index (χ4n) is 4.93. The van der Waals surface area contributed by atoms with Gasteiger partial charge in [-0.05, 0) is 61.6 Å². The predicted molar refractivity (Wildman–Crippen MR) is 145 cm³/mol. The number of quaternary nitrogens is 1. The molecule has 0 saturated heterocycles. The summed E-state index contributed by atoms with van der Waals surface area (Å²) in [6.45, 7) is 12.9. The Morgan fingerprint density at radius 3 is 2.29 bits per heavy atom. The Bertz CT molecular complexity index is 927. The molecule has 0 aromatic heterocycles. The van der Waals surface area contributed by atoms with Gasteiger partial charge in [-0.1, -0.05) is 39.8 Å². The summed E-state index contributed by atoms with van der Waals surface area (Å²) < 4.78 is 0.862. The number of carbonyl (C=O) groups is 1. The van der Waals surface area contributed by atoms with Crippen LogP contribution in [0.15, 0.2) is 48.5 Å². The van der Waals surface area contributed by atoms with Crippen LogP contribution in [0.3, 0.4) is 0 Å². The number of nitrogens with one attached hydrogen (secondary N) is 2. The molecule has 1 amide bonds. The molecule has 6 nitrogen and oxygen atoms in total. The molecule has 1 aliphatic rings. The van der Waals surface area contributed by atoms with Crippen molar-refractivity contribution in [3.8, 4) is 0 Å². The first kappa shape index (κ1) is 26.0. The van der Waals surface area contributed by atoms with E-state index in [2.05, 4.69) is 67.5 Å². The van der Waals surface area contributed by atoms with Crippen LogP contribution < -0.4 is 25.8 Å². The summed E-state index contributed by atoms with van der Waals surface area (Å²) in [5.41, 5.74) is 10.5. The second kappa shape index (κ2) is 11.7. The van der Waals surface area contributed by atoms with E-state index in [4.69, 9.17) is 5.73 Å². The fourth-order valence-corrected chi connectivity index (χ4v) is 4.93. The van der Waals surface area contributed by atoms with Gasteiger partial charge in [-0.15, -0.1) is 0 Å². The minimum atomic E-state index is -0.0663. The molecule has 0 fully saturated rings. The minimum Gasteiger partial charge on any atom is -0.355 e. The van der Waals surface area contributed by atoms with E-state index in [1.54, 1.807) is 7.05 Å². The number of hydrogen-bond acceptors (Lipinski definition) is 4. The molecule has 6 heteroatoms.